The number of nitrogens with zero attached hydrogens (tertiary/aromatic N) is 3. The highest BCUT2D eigenvalue weighted by Crippen LogP contribution is 2.56. The summed E-state index contributed by atoms with van der Waals surface area (Å²) in [7, 11) is 4.15. The number of anilines is 1. The van der Waals surface area contributed by atoms with Crippen LogP contribution in [-0.4, -0.2) is 49.8 Å². The largest absolute Gasteiger partial charge is 0.354 e. The third kappa shape index (κ3) is 3.66. The second-order valence-corrected chi connectivity index (χ2v) is 9.99. The first-order valence-corrected chi connectivity index (χ1v) is 11.4. The molecule has 1 aromatic carbocycles. The number of rotatable bonds is 4. The van der Waals surface area contributed by atoms with Crippen molar-refractivity contribution in [2.75, 3.05) is 38.8 Å². The molecule has 7 heteroatoms. The van der Waals surface area contributed by atoms with Crippen LogP contribution < -0.4 is 4.90 Å². The van der Waals surface area contributed by atoms with Gasteiger partial charge in [-0.25, -0.2) is 4.98 Å². The number of benzene rings is 1. The minimum atomic E-state index is -0.190. The average molecular weight is 460 g/mol. The van der Waals surface area contributed by atoms with E-state index in [-0.39, 0.29) is 31.5 Å². The van der Waals surface area contributed by atoms with E-state index < -0.39 is 0 Å². The maximum atomic E-state index is 12.8. The van der Waals surface area contributed by atoms with Crippen LogP contribution in [0.1, 0.15) is 49.7 Å². The average Bonchev–Trinajstić information content (AvgIpc) is 3.09. The quantitative estimate of drug-likeness (QED) is 0.590. The molecule has 2 bridgehead atoms. The van der Waals surface area contributed by atoms with Gasteiger partial charge in [-0.1, -0.05) is 24.2 Å². The van der Waals surface area contributed by atoms with Crippen LogP contribution in [0.3, 0.4) is 0 Å². The topological polar surface area (TPSA) is 19.4 Å². The normalized spacial score (nSPS) is 28.1. The van der Waals surface area contributed by atoms with Crippen molar-refractivity contribution in [3.63, 3.8) is 0 Å². The van der Waals surface area contributed by atoms with Crippen LogP contribution in [-0.2, 0) is 11.8 Å². The Morgan fingerprint density at radius 2 is 2.07 bits per heavy atom. The van der Waals surface area contributed by atoms with Crippen LogP contribution in [0.4, 0.5) is 9.52 Å². The molecule has 1 aliphatic heterocycles. The van der Waals surface area contributed by atoms with Crippen LogP contribution in [0.25, 0.3) is 10.2 Å². The predicted molar refractivity (Wildman–Crippen MR) is 126 cm³/mol. The fourth-order valence-electron chi connectivity index (χ4n) is 6.23. The standard InChI is InChI=1S/C22H30FN3S.2ClH/c1-25(2)21-24-18-14-17-15(13-20(18)27-21)12-19-16-6-3-4-7-22(16,17)8-11-26(19)10-5-9-23;;/h13-14,16,19H,3-12H2,1-2H3;2*1H/t16-,19+,22+;;/m0../s1. The molecule has 1 aromatic heterocycles. The summed E-state index contributed by atoms with van der Waals surface area (Å²) in [6, 6.07) is 5.49. The van der Waals surface area contributed by atoms with Gasteiger partial charge < -0.3 is 4.90 Å². The number of alkyl halides is 1. The summed E-state index contributed by atoms with van der Waals surface area (Å²) in [5.74, 6) is 0.747. The van der Waals surface area contributed by atoms with E-state index in [9.17, 15) is 4.39 Å². The lowest BCUT2D eigenvalue weighted by Crippen LogP contribution is -2.61. The van der Waals surface area contributed by atoms with Gasteiger partial charge in [-0.05, 0) is 67.8 Å². The Bertz CT molecular complexity index is 858. The molecule has 29 heavy (non-hydrogen) atoms. The number of fused-ring (bicyclic) bond motifs is 2. The van der Waals surface area contributed by atoms with Gasteiger partial charge in [0.2, 0.25) is 0 Å². The smallest absolute Gasteiger partial charge is 0.185 e. The molecule has 0 unspecified atom stereocenters. The van der Waals surface area contributed by atoms with Crippen molar-refractivity contribution in [2.45, 2.75) is 56.4 Å². The molecular formula is C22H32Cl2FN3S. The van der Waals surface area contributed by atoms with Crippen LogP contribution in [0.15, 0.2) is 12.1 Å². The molecule has 3 atom stereocenters. The maximum absolute atomic E-state index is 12.8. The lowest BCUT2D eigenvalue weighted by atomic mass is 9.52. The third-order valence-corrected chi connectivity index (χ3v) is 8.59. The van der Waals surface area contributed by atoms with Gasteiger partial charge in [-0.2, -0.15) is 0 Å². The Morgan fingerprint density at radius 3 is 2.83 bits per heavy atom. The monoisotopic (exact) mass is 459 g/mol. The summed E-state index contributed by atoms with van der Waals surface area (Å²) in [6.07, 6.45) is 8.44. The molecule has 1 saturated heterocycles. The Labute approximate surface area is 189 Å². The highest BCUT2D eigenvalue weighted by atomic mass is 35.5. The Hall–Kier alpha value is -0.620. The molecule has 5 rings (SSSR count). The molecule has 162 valence electrons. The van der Waals surface area contributed by atoms with Gasteiger partial charge in [0.1, 0.15) is 0 Å². The second-order valence-electron chi connectivity index (χ2n) is 8.98. The molecule has 0 N–H and O–H groups in total. The first kappa shape index (κ1) is 23.1. The zero-order valence-electron chi connectivity index (χ0n) is 17.3. The molecule has 2 fully saturated rings. The lowest BCUT2D eigenvalue weighted by molar-refractivity contribution is -0.0121. The molecule has 3 aliphatic rings. The third-order valence-electron chi connectivity index (χ3n) is 7.41. The van der Waals surface area contributed by atoms with E-state index in [1.54, 1.807) is 22.5 Å². The van der Waals surface area contributed by atoms with Crippen molar-refractivity contribution < 1.29 is 4.39 Å². The molecule has 0 spiro atoms. The van der Waals surface area contributed by atoms with Crippen LogP contribution >= 0.6 is 36.2 Å². The van der Waals surface area contributed by atoms with E-state index in [2.05, 4.69) is 36.0 Å². The first-order valence-electron chi connectivity index (χ1n) is 10.5. The second kappa shape index (κ2) is 8.86. The zero-order valence-corrected chi connectivity index (χ0v) is 19.8. The van der Waals surface area contributed by atoms with Crippen molar-refractivity contribution >= 4 is 51.5 Å². The molecular weight excluding hydrogens is 428 g/mol. The molecule has 0 amide bonds. The number of aromatic nitrogens is 1. The van der Waals surface area contributed by atoms with Gasteiger partial charge in [-0.3, -0.25) is 9.29 Å². The number of thiazole rings is 1. The van der Waals surface area contributed by atoms with E-state index in [1.165, 1.54) is 42.3 Å². The van der Waals surface area contributed by atoms with E-state index in [0.717, 1.165) is 30.6 Å². The zero-order chi connectivity index (χ0) is 18.6. The number of halogens is 3. The van der Waals surface area contributed by atoms with Crippen molar-refractivity contribution in [1.29, 1.82) is 0 Å². The number of hydrogen-bond acceptors (Lipinski definition) is 4. The summed E-state index contributed by atoms with van der Waals surface area (Å²) >= 11 is 1.80. The predicted octanol–water partition coefficient (Wildman–Crippen LogP) is 5.62. The van der Waals surface area contributed by atoms with Gasteiger partial charge in [-0.15, -0.1) is 24.8 Å². The minimum absolute atomic E-state index is 0. The Morgan fingerprint density at radius 1 is 1.24 bits per heavy atom. The SMILES string of the molecule is CN(C)c1nc2cc3c(cc2s1)C[C@@H]1[C@@H]2CCCC[C@]32CCN1CCCF.Cl.Cl. The van der Waals surface area contributed by atoms with Gasteiger partial charge in [0.25, 0.3) is 0 Å². The number of likely N-dealkylation sites (tertiary alicyclic amines) is 1. The molecule has 2 aliphatic carbocycles. The van der Waals surface area contributed by atoms with E-state index in [4.69, 9.17) is 4.98 Å². The Balaban J connectivity index is 0.00000120. The molecule has 1 saturated carbocycles. The summed E-state index contributed by atoms with van der Waals surface area (Å²) in [5, 5.41) is 1.09. The summed E-state index contributed by atoms with van der Waals surface area (Å²) < 4.78 is 14.2. The molecule has 2 heterocycles. The van der Waals surface area contributed by atoms with Crippen molar-refractivity contribution in [1.82, 2.24) is 9.88 Å². The Kier molecular flexibility index (Phi) is 7.04. The minimum Gasteiger partial charge on any atom is -0.354 e. The maximum Gasteiger partial charge on any atom is 0.185 e. The molecule has 2 aromatic rings. The van der Waals surface area contributed by atoms with Gasteiger partial charge in [0, 0.05) is 32.1 Å². The first-order chi connectivity index (χ1) is 13.1. The van der Waals surface area contributed by atoms with Gasteiger partial charge >= 0.3 is 0 Å². The summed E-state index contributed by atoms with van der Waals surface area (Å²) in [6.45, 7) is 1.87. The summed E-state index contributed by atoms with van der Waals surface area (Å²) in [5.41, 5.74) is 4.68. The molecule has 0 radical (unpaired) electrons. The van der Waals surface area contributed by atoms with Gasteiger partial charge in [0.15, 0.2) is 5.13 Å². The van der Waals surface area contributed by atoms with Crippen LogP contribution in [0.5, 0.6) is 0 Å². The van der Waals surface area contributed by atoms with Crippen molar-refractivity contribution in [3.05, 3.63) is 23.3 Å². The van der Waals surface area contributed by atoms with Gasteiger partial charge in [0.05, 0.1) is 16.9 Å². The lowest BCUT2D eigenvalue weighted by Gasteiger charge is -2.59. The van der Waals surface area contributed by atoms with Crippen LogP contribution in [0, 0.1) is 5.92 Å². The highest BCUT2D eigenvalue weighted by molar-refractivity contribution is 7.22. The van der Waals surface area contributed by atoms with E-state index in [0.29, 0.717) is 17.9 Å². The van der Waals surface area contributed by atoms with Crippen LogP contribution in [0.2, 0.25) is 0 Å². The number of hydrogen-bond donors (Lipinski definition) is 0. The summed E-state index contributed by atoms with van der Waals surface area (Å²) in [4.78, 5) is 9.65. The number of piperidine rings is 1. The highest BCUT2D eigenvalue weighted by Gasteiger charge is 2.53. The molecule has 3 nitrogen and oxygen atoms in total. The van der Waals surface area contributed by atoms with Crippen molar-refractivity contribution in [2.24, 2.45) is 5.92 Å². The van der Waals surface area contributed by atoms with E-state index >= 15 is 0 Å². The fraction of sp³-hybridized carbons (Fsp3) is 0.682. The fourth-order valence-corrected chi connectivity index (χ4v) is 7.17. The van der Waals surface area contributed by atoms with Crippen molar-refractivity contribution in [3.8, 4) is 0 Å². The van der Waals surface area contributed by atoms with E-state index in [1.807, 2.05) is 0 Å².